The highest BCUT2D eigenvalue weighted by molar-refractivity contribution is 7.16. The molecule has 106 valence electrons. The van der Waals surface area contributed by atoms with Crippen LogP contribution in [-0.4, -0.2) is 13.1 Å². The van der Waals surface area contributed by atoms with Gasteiger partial charge in [0.05, 0.1) is 28.7 Å². The highest BCUT2D eigenvalue weighted by atomic mass is 35.5. The van der Waals surface area contributed by atoms with Crippen LogP contribution in [0.5, 0.6) is 0 Å². The molecule has 2 aromatic rings. The van der Waals surface area contributed by atoms with Gasteiger partial charge in [-0.3, -0.25) is 0 Å². The molecule has 20 heavy (non-hydrogen) atoms. The first-order valence-corrected chi connectivity index (χ1v) is 7.10. The van der Waals surface area contributed by atoms with Crippen LogP contribution < -0.4 is 5.32 Å². The van der Waals surface area contributed by atoms with E-state index in [4.69, 9.17) is 11.6 Å². The van der Waals surface area contributed by atoms with E-state index in [1.165, 1.54) is 36.6 Å². The van der Waals surface area contributed by atoms with Crippen molar-refractivity contribution in [1.82, 2.24) is 0 Å². The average molecular weight is 314 g/mol. The SMILES string of the molecule is COC(=O)c1ccc(F)c(NC(C)c2ccc(Cl)s2)c1. The number of methoxy groups -OCH3 is 1. The van der Waals surface area contributed by atoms with Crippen molar-refractivity contribution in [2.75, 3.05) is 12.4 Å². The van der Waals surface area contributed by atoms with E-state index in [-0.39, 0.29) is 11.7 Å². The Labute approximate surface area is 125 Å². The maximum Gasteiger partial charge on any atom is 0.337 e. The van der Waals surface area contributed by atoms with Gasteiger partial charge in [0.2, 0.25) is 0 Å². The normalized spacial score (nSPS) is 12.0. The smallest absolute Gasteiger partial charge is 0.337 e. The highest BCUT2D eigenvalue weighted by Gasteiger charge is 2.13. The Kier molecular flexibility index (Phi) is 4.62. The molecule has 0 aliphatic heterocycles. The van der Waals surface area contributed by atoms with Gasteiger partial charge in [-0.25, -0.2) is 9.18 Å². The van der Waals surface area contributed by atoms with Crippen LogP contribution in [0.1, 0.15) is 28.2 Å². The van der Waals surface area contributed by atoms with Crippen LogP contribution in [0.25, 0.3) is 0 Å². The second-order valence-corrected chi connectivity index (χ2v) is 5.94. The molecule has 1 atom stereocenters. The molecule has 0 radical (unpaired) electrons. The zero-order valence-corrected chi connectivity index (χ0v) is 12.5. The molecule has 0 saturated heterocycles. The summed E-state index contributed by atoms with van der Waals surface area (Å²) in [5.74, 6) is -0.924. The molecular weight excluding hydrogens is 301 g/mol. The topological polar surface area (TPSA) is 38.3 Å². The molecule has 0 aliphatic carbocycles. The van der Waals surface area contributed by atoms with Crippen LogP contribution in [0, 0.1) is 5.82 Å². The number of ether oxygens (including phenoxy) is 1. The van der Waals surface area contributed by atoms with E-state index in [2.05, 4.69) is 10.1 Å². The number of halogens is 2. The lowest BCUT2D eigenvalue weighted by atomic mass is 10.1. The average Bonchev–Trinajstić information content (AvgIpc) is 2.87. The second kappa shape index (κ2) is 6.24. The largest absolute Gasteiger partial charge is 0.465 e. The van der Waals surface area contributed by atoms with Crippen molar-refractivity contribution in [3.8, 4) is 0 Å². The molecule has 1 aromatic heterocycles. The molecule has 0 saturated carbocycles. The van der Waals surface area contributed by atoms with Gasteiger partial charge in [-0.1, -0.05) is 11.6 Å². The molecule has 0 aliphatic rings. The minimum Gasteiger partial charge on any atom is -0.465 e. The quantitative estimate of drug-likeness (QED) is 0.845. The number of anilines is 1. The van der Waals surface area contributed by atoms with Crippen LogP contribution in [0.15, 0.2) is 30.3 Å². The molecule has 0 amide bonds. The second-order valence-electron chi connectivity index (χ2n) is 4.19. The summed E-state index contributed by atoms with van der Waals surface area (Å²) in [5.41, 5.74) is 0.553. The van der Waals surface area contributed by atoms with Crippen LogP contribution in [0.3, 0.4) is 0 Å². The van der Waals surface area contributed by atoms with E-state index in [1.807, 2.05) is 13.0 Å². The minimum absolute atomic E-state index is 0.116. The number of carbonyl (C=O) groups excluding carboxylic acids is 1. The van der Waals surface area contributed by atoms with Gasteiger partial charge in [0.1, 0.15) is 5.82 Å². The third-order valence-electron chi connectivity index (χ3n) is 2.78. The maximum atomic E-state index is 13.8. The standard InChI is InChI=1S/C14H13ClFNO2S/c1-8(12-5-6-13(15)20-12)17-11-7-9(14(18)19-2)3-4-10(11)16/h3-8,17H,1-2H3. The van der Waals surface area contributed by atoms with Crippen molar-refractivity contribution in [3.63, 3.8) is 0 Å². The summed E-state index contributed by atoms with van der Waals surface area (Å²) in [6, 6.07) is 7.62. The predicted molar refractivity (Wildman–Crippen MR) is 79.1 cm³/mol. The first-order valence-electron chi connectivity index (χ1n) is 5.91. The van der Waals surface area contributed by atoms with Gasteiger partial charge in [-0.05, 0) is 37.3 Å². The Bertz CT molecular complexity index is 629. The zero-order valence-electron chi connectivity index (χ0n) is 10.9. The van der Waals surface area contributed by atoms with Gasteiger partial charge in [0.15, 0.2) is 0 Å². The van der Waals surface area contributed by atoms with Crippen molar-refractivity contribution in [1.29, 1.82) is 0 Å². The Balaban J connectivity index is 2.22. The third-order valence-corrected chi connectivity index (χ3v) is 4.19. The van der Waals surface area contributed by atoms with Crippen molar-refractivity contribution < 1.29 is 13.9 Å². The highest BCUT2D eigenvalue weighted by Crippen LogP contribution is 2.30. The molecule has 0 spiro atoms. The summed E-state index contributed by atoms with van der Waals surface area (Å²) in [6.07, 6.45) is 0. The van der Waals surface area contributed by atoms with E-state index < -0.39 is 11.8 Å². The Morgan fingerprint density at radius 1 is 1.40 bits per heavy atom. The monoisotopic (exact) mass is 313 g/mol. The Morgan fingerprint density at radius 2 is 2.15 bits per heavy atom. The number of hydrogen-bond donors (Lipinski definition) is 1. The summed E-state index contributed by atoms with van der Waals surface area (Å²) in [5, 5.41) is 3.03. The van der Waals surface area contributed by atoms with Crippen molar-refractivity contribution in [3.05, 3.63) is 50.9 Å². The molecule has 1 heterocycles. The fourth-order valence-electron chi connectivity index (χ4n) is 1.75. The summed E-state index contributed by atoms with van der Waals surface area (Å²) in [7, 11) is 1.29. The number of hydrogen-bond acceptors (Lipinski definition) is 4. The summed E-state index contributed by atoms with van der Waals surface area (Å²) in [4.78, 5) is 12.4. The maximum absolute atomic E-state index is 13.8. The fourth-order valence-corrected chi connectivity index (χ4v) is 2.81. The molecule has 0 bridgehead atoms. The molecule has 2 rings (SSSR count). The van der Waals surface area contributed by atoms with E-state index >= 15 is 0 Å². The molecule has 1 aromatic carbocycles. The van der Waals surface area contributed by atoms with Gasteiger partial charge >= 0.3 is 5.97 Å². The zero-order chi connectivity index (χ0) is 14.7. The third kappa shape index (κ3) is 3.29. The Morgan fingerprint density at radius 3 is 2.75 bits per heavy atom. The number of benzene rings is 1. The molecule has 6 heteroatoms. The molecule has 3 nitrogen and oxygen atoms in total. The van der Waals surface area contributed by atoms with Gasteiger partial charge in [0, 0.05) is 4.88 Å². The molecule has 1 unspecified atom stereocenters. The van der Waals surface area contributed by atoms with E-state index in [0.29, 0.717) is 9.90 Å². The number of carbonyl (C=O) groups is 1. The first-order chi connectivity index (χ1) is 9.51. The van der Waals surface area contributed by atoms with Crippen molar-refractivity contribution >= 4 is 34.6 Å². The summed E-state index contributed by atoms with van der Waals surface area (Å²) in [6.45, 7) is 1.90. The van der Waals surface area contributed by atoms with Crippen LogP contribution in [-0.2, 0) is 4.74 Å². The van der Waals surface area contributed by atoms with Gasteiger partial charge in [-0.15, -0.1) is 11.3 Å². The van der Waals surface area contributed by atoms with Gasteiger partial charge < -0.3 is 10.1 Å². The van der Waals surface area contributed by atoms with E-state index in [1.54, 1.807) is 6.07 Å². The first kappa shape index (κ1) is 14.8. The van der Waals surface area contributed by atoms with E-state index in [9.17, 15) is 9.18 Å². The molecule has 1 N–H and O–H groups in total. The lowest BCUT2D eigenvalue weighted by molar-refractivity contribution is 0.0600. The number of thiophene rings is 1. The van der Waals surface area contributed by atoms with Crippen LogP contribution in [0.2, 0.25) is 4.34 Å². The molecule has 0 fully saturated rings. The van der Waals surface area contributed by atoms with E-state index in [0.717, 1.165) is 4.88 Å². The Hall–Kier alpha value is -1.59. The van der Waals surface area contributed by atoms with Crippen LogP contribution in [0.4, 0.5) is 10.1 Å². The number of rotatable bonds is 4. The van der Waals surface area contributed by atoms with Gasteiger partial charge in [-0.2, -0.15) is 0 Å². The lowest BCUT2D eigenvalue weighted by Crippen LogP contribution is -2.08. The number of esters is 1. The minimum atomic E-state index is -0.500. The summed E-state index contributed by atoms with van der Waals surface area (Å²) < 4.78 is 19.1. The van der Waals surface area contributed by atoms with Gasteiger partial charge in [0.25, 0.3) is 0 Å². The fraction of sp³-hybridized carbons (Fsp3) is 0.214. The summed E-state index contributed by atoms with van der Waals surface area (Å²) >= 11 is 7.30. The number of nitrogens with one attached hydrogen (secondary N) is 1. The van der Waals surface area contributed by atoms with Crippen molar-refractivity contribution in [2.24, 2.45) is 0 Å². The van der Waals surface area contributed by atoms with Crippen LogP contribution >= 0.6 is 22.9 Å². The predicted octanol–water partition coefficient (Wildman–Crippen LogP) is 4.50. The molecular formula is C14H13ClFNO2S. The lowest BCUT2D eigenvalue weighted by Gasteiger charge is -2.15. The van der Waals surface area contributed by atoms with Crippen molar-refractivity contribution in [2.45, 2.75) is 13.0 Å².